The zero-order valence-electron chi connectivity index (χ0n) is 9.08. The van der Waals surface area contributed by atoms with Gasteiger partial charge in [-0.1, -0.05) is 6.92 Å². The van der Waals surface area contributed by atoms with Crippen LogP contribution in [0.2, 0.25) is 0 Å². The van der Waals surface area contributed by atoms with Crippen LogP contribution in [0.5, 0.6) is 0 Å². The molecule has 0 aliphatic heterocycles. The molecule has 1 rings (SSSR count). The molecular formula is C7H15N5O4S. The van der Waals surface area contributed by atoms with E-state index in [1.165, 1.54) is 0 Å². The van der Waals surface area contributed by atoms with E-state index in [9.17, 15) is 0 Å². The molecule has 0 saturated carbocycles. The van der Waals surface area contributed by atoms with Gasteiger partial charge in [0.05, 0.1) is 18.1 Å². The van der Waals surface area contributed by atoms with E-state index in [4.69, 9.17) is 28.7 Å². The van der Waals surface area contributed by atoms with Crippen LogP contribution in [0.4, 0.5) is 0 Å². The molecule has 0 bridgehead atoms. The highest BCUT2D eigenvalue weighted by molar-refractivity contribution is 7.79. The zero-order valence-corrected chi connectivity index (χ0v) is 9.90. The van der Waals surface area contributed by atoms with Crippen LogP contribution in [0.25, 0.3) is 0 Å². The van der Waals surface area contributed by atoms with Gasteiger partial charge in [0.1, 0.15) is 0 Å². The molecule has 17 heavy (non-hydrogen) atoms. The van der Waals surface area contributed by atoms with E-state index in [1.807, 2.05) is 6.92 Å². The first-order chi connectivity index (χ1) is 7.74. The Labute approximate surface area is 98.5 Å². The summed E-state index contributed by atoms with van der Waals surface area (Å²) in [5, 5.41) is 9.87. The van der Waals surface area contributed by atoms with E-state index in [2.05, 4.69) is 15.3 Å². The van der Waals surface area contributed by atoms with Crippen LogP contribution in [-0.4, -0.2) is 33.5 Å². The van der Waals surface area contributed by atoms with E-state index < -0.39 is 10.4 Å². The van der Waals surface area contributed by atoms with Crippen molar-refractivity contribution in [3.63, 3.8) is 0 Å². The minimum absolute atomic E-state index is 0.0233. The average Bonchev–Trinajstić information content (AvgIpc) is 2.63. The zero-order chi connectivity index (χ0) is 13.5. The van der Waals surface area contributed by atoms with E-state index in [0.29, 0.717) is 0 Å². The van der Waals surface area contributed by atoms with Crippen LogP contribution in [0.3, 0.4) is 0 Å². The first kappa shape index (κ1) is 15.3. The number of hydrogen-bond donors (Lipinski definition) is 6. The number of guanidine groups is 1. The van der Waals surface area contributed by atoms with E-state index in [1.54, 1.807) is 12.5 Å². The molecule has 1 atom stereocenters. The van der Waals surface area contributed by atoms with Crippen LogP contribution >= 0.6 is 0 Å². The Balaban J connectivity index is 0.000000437. The fourth-order valence-electron chi connectivity index (χ4n) is 1.04. The minimum atomic E-state index is -4.67. The highest BCUT2D eigenvalue weighted by Gasteiger charge is 2.10. The summed E-state index contributed by atoms with van der Waals surface area (Å²) in [7, 11) is -4.67. The number of H-pyrrole nitrogens is 1. The van der Waals surface area contributed by atoms with E-state index in [0.717, 1.165) is 12.1 Å². The summed E-state index contributed by atoms with van der Waals surface area (Å²) in [5.74, 6) is -0.0233. The quantitative estimate of drug-likeness (QED) is 0.248. The van der Waals surface area contributed by atoms with Crippen molar-refractivity contribution in [2.75, 3.05) is 0 Å². The molecule has 0 spiro atoms. The van der Waals surface area contributed by atoms with Crippen molar-refractivity contribution >= 4 is 16.4 Å². The smallest absolute Gasteiger partial charge is 0.370 e. The highest BCUT2D eigenvalue weighted by Crippen LogP contribution is 2.11. The second-order valence-electron chi connectivity index (χ2n) is 2.96. The largest absolute Gasteiger partial charge is 0.394 e. The molecule has 7 N–H and O–H groups in total. The van der Waals surface area contributed by atoms with Gasteiger partial charge in [0, 0.05) is 6.20 Å². The third-order valence-electron chi connectivity index (χ3n) is 1.61. The van der Waals surface area contributed by atoms with E-state index in [-0.39, 0.29) is 12.0 Å². The molecule has 0 amide bonds. The average molecular weight is 265 g/mol. The summed E-state index contributed by atoms with van der Waals surface area (Å²) in [6.45, 7) is 2.01. The minimum Gasteiger partial charge on any atom is -0.370 e. The van der Waals surface area contributed by atoms with Crippen LogP contribution in [-0.2, 0) is 10.4 Å². The maximum Gasteiger partial charge on any atom is 0.394 e. The normalized spacial score (nSPS) is 12.2. The molecule has 1 unspecified atom stereocenters. The van der Waals surface area contributed by atoms with Crippen molar-refractivity contribution in [1.82, 2.24) is 15.3 Å². The molecule has 9 nitrogen and oxygen atoms in total. The van der Waals surface area contributed by atoms with Crippen molar-refractivity contribution in [2.24, 2.45) is 5.73 Å². The summed E-state index contributed by atoms with van der Waals surface area (Å²) in [5.41, 5.74) is 6.09. The van der Waals surface area contributed by atoms with Gasteiger partial charge in [-0.05, 0) is 6.42 Å². The Kier molecular flexibility index (Phi) is 6.17. The number of imidazole rings is 1. The number of aromatic amines is 1. The molecule has 0 aromatic carbocycles. The molecule has 98 valence electrons. The van der Waals surface area contributed by atoms with Crippen LogP contribution < -0.4 is 11.1 Å². The Morgan fingerprint density at radius 3 is 2.53 bits per heavy atom. The number of nitrogens with one attached hydrogen (secondary N) is 3. The molecule has 0 aliphatic carbocycles. The van der Waals surface area contributed by atoms with Crippen LogP contribution in [0.1, 0.15) is 25.1 Å². The summed E-state index contributed by atoms with van der Waals surface area (Å²) < 4.78 is 31.6. The molecule has 1 aromatic heterocycles. The van der Waals surface area contributed by atoms with Crippen molar-refractivity contribution in [2.45, 2.75) is 19.4 Å². The summed E-state index contributed by atoms with van der Waals surface area (Å²) >= 11 is 0. The molecular weight excluding hydrogens is 250 g/mol. The lowest BCUT2D eigenvalue weighted by Crippen LogP contribution is -2.33. The van der Waals surface area contributed by atoms with Gasteiger partial charge in [0.25, 0.3) is 0 Å². The van der Waals surface area contributed by atoms with Crippen molar-refractivity contribution < 1.29 is 17.5 Å². The predicted octanol–water partition coefficient (Wildman–Crippen LogP) is -0.309. The first-order valence-corrected chi connectivity index (χ1v) is 5.92. The van der Waals surface area contributed by atoms with Crippen molar-refractivity contribution in [3.8, 4) is 0 Å². The topological polar surface area (TPSA) is 165 Å². The first-order valence-electron chi connectivity index (χ1n) is 4.53. The van der Waals surface area contributed by atoms with E-state index >= 15 is 0 Å². The number of aromatic nitrogens is 2. The Morgan fingerprint density at radius 1 is 1.71 bits per heavy atom. The SMILES string of the molecule is CCC(NC(=N)N)c1c[nH]cn1.O=S(=O)(O)O. The Morgan fingerprint density at radius 2 is 2.24 bits per heavy atom. The monoisotopic (exact) mass is 265 g/mol. The molecule has 1 heterocycles. The lowest BCUT2D eigenvalue weighted by atomic mass is 10.2. The van der Waals surface area contributed by atoms with Gasteiger partial charge in [0.15, 0.2) is 5.96 Å². The second kappa shape index (κ2) is 6.83. The fraction of sp³-hybridized carbons (Fsp3) is 0.429. The summed E-state index contributed by atoms with van der Waals surface area (Å²) in [6.07, 6.45) is 4.26. The summed E-state index contributed by atoms with van der Waals surface area (Å²) in [4.78, 5) is 6.93. The highest BCUT2D eigenvalue weighted by atomic mass is 32.3. The molecule has 0 fully saturated rings. The molecule has 1 aromatic rings. The van der Waals surface area contributed by atoms with Gasteiger partial charge < -0.3 is 16.0 Å². The van der Waals surface area contributed by atoms with Crippen molar-refractivity contribution in [1.29, 1.82) is 5.41 Å². The van der Waals surface area contributed by atoms with Crippen LogP contribution in [0.15, 0.2) is 12.5 Å². The predicted molar refractivity (Wildman–Crippen MR) is 60.8 cm³/mol. The molecule has 0 aliphatic rings. The van der Waals surface area contributed by atoms with Gasteiger partial charge in [0.2, 0.25) is 0 Å². The number of nitrogens with zero attached hydrogens (tertiary/aromatic N) is 1. The maximum absolute atomic E-state index is 8.74. The number of nitrogens with two attached hydrogens (primary N) is 1. The molecule has 0 radical (unpaired) electrons. The summed E-state index contributed by atoms with van der Waals surface area (Å²) in [6, 6.07) is 0.0359. The molecule has 10 heteroatoms. The Hall–Kier alpha value is -1.65. The third-order valence-corrected chi connectivity index (χ3v) is 1.61. The second-order valence-corrected chi connectivity index (χ2v) is 3.86. The van der Waals surface area contributed by atoms with Gasteiger partial charge in [-0.2, -0.15) is 8.42 Å². The third kappa shape index (κ3) is 9.29. The van der Waals surface area contributed by atoms with Gasteiger partial charge in [-0.3, -0.25) is 14.5 Å². The van der Waals surface area contributed by atoms with Crippen molar-refractivity contribution in [3.05, 3.63) is 18.2 Å². The standard InChI is InChI=1S/C7H13N5.H2O4S/c1-2-5(12-7(8)9)6-3-10-4-11-6;1-5(2,3)4/h3-5H,2H2,1H3,(H,10,11)(H4,8,9,12);(H2,1,2,3,4). The molecule has 0 saturated heterocycles. The van der Waals surface area contributed by atoms with Gasteiger partial charge in [-0.15, -0.1) is 0 Å². The van der Waals surface area contributed by atoms with Gasteiger partial charge in [-0.25, -0.2) is 4.98 Å². The Bertz CT molecular complexity index is 421. The van der Waals surface area contributed by atoms with Crippen LogP contribution in [0, 0.1) is 5.41 Å². The lowest BCUT2D eigenvalue weighted by molar-refractivity contribution is 0.381. The number of hydrogen-bond acceptors (Lipinski definition) is 4. The van der Waals surface area contributed by atoms with Gasteiger partial charge >= 0.3 is 10.4 Å². The lowest BCUT2D eigenvalue weighted by Gasteiger charge is -2.13. The number of rotatable bonds is 3. The maximum atomic E-state index is 8.74. The fourth-order valence-corrected chi connectivity index (χ4v) is 1.04.